The van der Waals surface area contributed by atoms with Gasteiger partial charge in [-0.1, -0.05) is 0 Å². The van der Waals surface area contributed by atoms with Gasteiger partial charge in [0.2, 0.25) is 0 Å². The first-order chi connectivity index (χ1) is 5.23. The van der Waals surface area contributed by atoms with Crippen molar-refractivity contribution in [2.75, 3.05) is 0 Å². The Bertz CT molecular complexity index is 156. The van der Waals surface area contributed by atoms with Crippen LogP contribution in [0.2, 0.25) is 0 Å². The van der Waals surface area contributed by atoms with Gasteiger partial charge >= 0.3 is 0 Å². The number of hydrogen-bond donors (Lipinski definition) is 0. The molecule has 4 bridgehead atoms. The largest absolute Gasteiger partial charge is 0.122 e. The van der Waals surface area contributed by atoms with Gasteiger partial charge in [-0.25, -0.2) is 0 Å². The molecule has 0 nitrogen and oxygen atoms in total. The van der Waals surface area contributed by atoms with Gasteiger partial charge in [-0.05, 0) is 13.3 Å². The predicted octanol–water partition coefficient (Wildman–Crippen LogP) is 3.69. The summed E-state index contributed by atoms with van der Waals surface area (Å²) >= 11 is 10.9. The molecule has 4 saturated heterocycles. The lowest BCUT2D eigenvalue weighted by molar-refractivity contribution is 0.820. The highest BCUT2D eigenvalue weighted by Crippen LogP contribution is 2.72. The molecule has 0 saturated carbocycles. The van der Waals surface area contributed by atoms with Gasteiger partial charge < -0.3 is 0 Å². The van der Waals surface area contributed by atoms with Gasteiger partial charge in [0.15, 0.2) is 0 Å². The zero-order valence-electron chi connectivity index (χ0n) is 5.98. The summed E-state index contributed by atoms with van der Waals surface area (Å²) in [6, 6.07) is 0. The zero-order chi connectivity index (χ0) is 7.47. The van der Waals surface area contributed by atoms with E-state index in [0.717, 1.165) is 12.4 Å². The normalized spacial score (nSPS) is 60.3. The van der Waals surface area contributed by atoms with E-state index >= 15 is 0 Å². The first-order valence-corrected chi connectivity index (χ1v) is 8.14. The van der Waals surface area contributed by atoms with Crippen LogP contribution in [-0.2, 0) is 0 Å². The third-order valence-electron chi connectivity index (χ3n) is 1.98. The molecule has 4 heterocycles. The smallest absolute Gasteiger partial charge is 0.1000 e. The van der Waals surface area contributed by atoms with E-state index in [0.29, 0.717) is 4.08 Å². The summed E-state index contributed by atoms with van der Waals surface area (Å²) in [4.78, 5) is 0. The fourth-order valence-corrected chi connectivity index (χ4v) is 15.8. The van der Waals surface area contributed by atoms with Crippen LogP contribution in [0.15, 0.2) is 0 Å². The maximum Gasteiger partial charge on any atom is 0.1000 e. The Labute approximate surface area is 88.2 Å². The zero-order valence-corrected chi connectivity index (χ0v) is 10.1. The van der Waals surface area contributed by atoms with Crippen molar-refractivity contribution >= 4 is 58.8 Å². The molecule has 0 aromatic carbocycles. The van der Waals surface area contributed by atoms with Crippen molar-refractivity contribution in [1.29, 1.82) is 0 Å². The van der Waals surface area contributed by atoms with Crippen LogP contribution >= 0.6 is 58.8 Å². The van der Waals surface area contributed by atoms with Gasteiger partial charge in [0.1, 0.15) is 0 Å². The molecule has 4 fully saturated rings. The minimum absolute atomic E-state index is 0.571. The summed E-state index contributed by atoms with van der Waals surface area (Å²) in [6.07, 6.45) is 1.41. The van der Waals surface area contributed by atoms with Crippen molar-refractivity contribution in [3.63, 3.8) is 0 Å². The van der Waals surface area contributed by atoms with Crippen molar-refractivity contribution < 1.29 is 0 Å². The van der Waals surface area contributed by atoms with Crippen LogP contribution in [0.3, 0.4) is 0 Å². The van der Waals surface area contributed by atoms with Crippen LogP contribution in [0, 0.1) is 0 Å². The average Bonchev–Trinajstić information content (AvgIpc) is 1.79. The van der Waals surface area contributed by atoms with Crippen LogP contribution in [0.4, 0.5) is 0 Å². The lowest BCUT2D eigenvalue weighted by Gasteiger charge is -2.52. The Kier molecular flexibility index (Phi) is 1.93. The van der Waals surface area contributed by atoms with Gasteiger partial charge in [0.25, 0.3) is 0 Å². The van der Waals surface area contributed by atoms with Gasteiger partial charge in [-0.3, -0.25) is 0 Å². The summed E-state index contributed by atoms with van der Waals surface area (Å²) in [5.74, 6) is 0. The van der Waals surface area contributed by atoms with E-state index in [1.54, 1.807) is 0 Å². The SMILES string of the molecule is CC12CC3SC(S[C@@H](S3)S1)S2. The van der Waals surface area contributed by atoms with Crippen molar-refractivity contribution in [3.8, 4) is 0 Å². The van der Waals surface area contributed by atoms with E-state index < -0.39 is 0 Å². The predicted molar refractivity (Wildman–Crippen MR) is 62.3 cm³/mol. The van der Waals surface area contributed by atoms with Gasteiger partial charge in [0.05, 0.1) is 16.5 Å². The molecule has 3 unspecified atom stereocenters. The van der Waals surface area contributed by atoms with Crippen molar-refractivity contribution in [1.82, 2.24) is 0 Å². The van der Waals surface area contributed by atoms with Crippen LogP contribution in [0.25, 0.3) is 0 Å². The van der Waals surface area contributed by atoms with Crippen molar-refractivity contribution in [2.45, 2.75) is 29.8 Å². The summed E-state index contributed by atoms with van der Waals surface area (Å²) in [5.41, 5.74) is 0. The molecule has 4 rings (SSSR count). The lowest BCUT2D eigenvalue weighted by atomic mass is 10.3. The number of thioether (sulfide) groups is 5. The molecule has 0 N–H and O–H groups in total. The second-order valence-electron chi connectivity index (χ2n) is 2.99. The topological polar surface area (TPSA) is 0 Å². The fraction of sp³-hybridized carbons (Fsp3) is 1.00. The van der Waals surface area contributed by atoms with Gasteiger partial charge in [-0.15, -0.1) is 58.8 Å². The van der Waals surface area contributed by atoms with Crippen molar-refractivity contribution in [2.24, 2.45) is 0 Å². The third-order valence-corrected chi connectivity index (χ3v) is 10.6. The van der Waals surface area contributed by atoms with Crippen LogP contribution in [0.1, 0.15) is 13.3 Å². The lowest BCUT2D eigenvalue weighted by Crippen LogP contribution is -2.38. The monoisotopic (exact) mass is 240 g/mol. The molecule has 5 heteroatoms. The van der Waals surface area contributed by atoms with E-state index in [1.807, 2.05) is 0 Å². The van der Waals surface area contributed by atoms with Gasteiger partial charge in [0, 0.05) is 0 Å². The maximum atomic E-state index is 2.43. The molecule has 4 aliphatic heterocycles. The Balaban J connectivity index is 1.94. The highest BCUT2D eigenvalue weighted by Gasteiger charge is 2.51. The van der Waals surface area contributed by atoms with E-state index in [-0.39, 0.29) is 0 Å². The molecule has 62 valence electrons. The summed E-state index contributed by atoms with van der Waals surface area (Å²) < 4.78 is 3.19. The Morgan fingerprint density at radius 3 is 2.18 bits per heavy atom. The molecule has 11 heavy (non-hydrogen) atoms. The molecule has 0 aliphatic carbocycles. The van der Waals surface area contributed by atoms with Crippen LogP contribution in [-0.4, -0.2) is 16.5 Å². The molecular weight excluding hydrogens is 232 g/mol. The molecule has 0 aromatic rings. The second kappa shape index (κ2) is 2.62. The molecule has 0 amide bonds. The minimum Gasteiger partial charge on any atom is -0.122 e. The number of rotatable bonds is 0. The van der Waals surface area contributed by atoms with Crippen LogP contribution in [0.5, 0.6) is 0 Å². The Morgan fingerprint density at radius 2 is 1.73 bits per heavy atom. The third kappa shape index (κ3) is 1.35. The minimum atomic E-state index is 0.571. The second-order valence-corrected chi connectivity index (χ2v) is 12.4. The van der Waals surface area contributed by atoms with E-state index in [9.17, 15) is 0 Å². The molecule has 0 radical (unpaired) electrons. The van der Waals surface area contributed by atoms with Crippen LogP contribution < -0.4 is 0 Å². The summed E-state index contributed by atoms with van der Waals surface area (Å²) in [7, 11) is 0. The molecule has 0 aromatic heterocycles. The Morgan fingerprint density at radius 1 is 1.09 bits per heavy atom. The highest BCUT2D eigenvalue weighted by molar-refractivity contribution is 8.52. The van der Waals surface area contributed by atoms with E-state index in [2.05, 4.69) is 65.7 Å². The van der Waals surface area contributed by atoms with E-state index in [4.69, 9.17) is 0 Å². The average molecular weight is 240 g/mol. The molecular formula is C6H8S5. The quantitative estimate of drug-likeness (QED) is 0.631. The molecule has 4 atom stereocenters. The maximum absolute atomic E-state index is 2.43. The van der Waals surface area contributed by atoms with Crippen molar-refractivity contribution in [3.05, 3.63) is 0 Å². The first kappa shape index (κ1) is 8.09. The summed E-state index contributed by atoms with van der Waals surface area (Å²) in [6.45, 7) is 2.43. The highest BCUT2D eigenvalue weighted by atomic mass is 32.3. The van der Waals surface area contributed by atoms with E-state index in [1.165, 1.54) is 6.42 Å². The first-order valence-electron chi connectivity index (χ1n) is 3.56. The standard InChI is InChI=1S/C6H8S5/c1-6-2-3-7-4(10-6)9-5(8-3)11-6/h3-5H,2H2,1H3/t3?,4-,5?,6?/m1/s1. The Hall–Kier alpha value is 1.75. The van der Waals surface area contributed by atoms with Gasteiger partial charge in [-0.2, -0.15) is 0 Å². The summed E-state index contributed by atoms with van der Waals surface area (Å²) in [5, 5.41) is 0. The fourth-order valence-electron chi connectivity index (χ4n) is 1.48. The number of hydrogen-bond acceptors (Lipinski definition) is 5. The molecule has 4 aliphatic rings. The molecule has 0 spiro atoms.